The molecule has 3 rings (SSSR count). The molecule has 1 fully saturated rings. The van der Waals surface area contributed by atoms with Crippen molar-refractivity contribution in [1.82, 2.24) is 15.1 Å². The van der Waals surface area contributed by atoms with E-state index in [0.29, 0.717) is 19.3 Å². The Balaban J connectivity index is 1.73. The standard InChI is InChI=1S/C18H20FN3O3/c1-10-7-11(2)22(21-10)16-6-4-12(9-15(16)19)17(23)20-14-5-3-13(8-14)18(24)25/h4,6-7,9,13-14H,3,5,8H2,1-2H3,(H,20,23)(H,24,25)/t13-,14+/m0/s1. The zero-order valence-corrected chi connectivity index (χ0v) is 14.1. The number of aromatic nitrogens is 2. The van der Waals surface area contributed by atoms with Gasteiger partial charge < -0.3 is 10.4 Å². The summed E-state index contributed by atoms with van der Waals surface area (Å²) in [6.45, 7) is 3.66. The Morgan fingerprint density at radius 3 is 2.60 bits per heavy atom. The highest BCUT2D eigenvalue weighted by atomic mass is 19.1. The lowest BCUT2D eigenvalue weighted by molar-refractivity contribution is -0.141. The number of carboxylic acids is 1. The van der Waals surface area contributed by atoms with Crippen molar-refractivity contribution in [1.29, 1.82) is 0 Å². The van der Waals surface area contributed by atoms with Gasteiger partial charge in [-0.05, 0) is 57.4 Å². The number of hydrogen-bond donors (Lipinski definition) is 2. The van der Waals surface area contributed by atoms with Crippen LogP contribution in [0.5, 0.6) is 0 Å². The van der Waals surface area contributed by atoms with Crippen molar-refractivity contribution in [3.8, 4) is 5.69 Å². The van der Waals surface area contributed by atoms with Gasteiger partial charge in [0.05, 0.1) is 11.6 Å². The molecule has 1 aromatic carbocycles. The second kappa shape index (κ2) is 6.66. The smallest absolute Gasteiger partial charge is 0.306 e. The molecule has 1 aromatic heterocycles. The van der Waals surface area contributed by atoms with Crippen LogP contribution in [0.1, 0.15) is 41.0 Å². The molecule has 0 spiro atoms. The Morgan fingerprint density at radius 2 is 2.04 bits per heavy atom. The maximum absolute atomic E-state index is 14.4. The molecule has 0 saturated heterocycles. The number of halogens is 1. The summed E-state index contributed by atoms with van der Waals surface area (Å²) in [6.07, 6.45) is 1.58. The normalized spacial score (nSPS) is 19.8. The molecule has 1 aliphatic rings. The van der Waals surface area contributed by atoms with E-state index in [0.717, 1.165) is 11.4 Å². The maximum Gasteiger partial charge on any atom is 0.306 e. The minimum absolute atomic E-state index is 0.188. The van der Waals surface area contributed by atoms with Gasteiger partial charge in [-0.3, -0.25) is 9.59 Å². The molecule has 0 unspecified atom stereocenters. The lowest BCUT2D eigenvalue weighted by atomic mass is 10.1. The molecule has 1 saturated carbocycles. The van der Waals surface area contributed by atoms with E-state index in [-0.39, 0.29) is 17.3 Å². The van der Waals surface area contributed by atoms with E-state index >= 15 is 0 Å². The first-order chi connectivity index (χ1) is 11.8. The minimum atomic E-state index is -0.836. The second-order valence-electron chi connectivity index (χ2n) is 6.52. The van der Waals surface area contributed by atoms with E-state index in [1.54, 1.807) is 6.07 Å². The van der Waals surface area contributed by atoms with Gasteiger partial charge in [0, 0.05) is 17.3 Å². The van der Waals surface area contributed by atoms with Gasteiger partial charge in [0.25, 0.3) is 5.91 Å². The number of aryl methyl sites for hydroxylation is 2. The van der Waals surface area contributed by atoms with Gasteiger partial charge in [-0.1, -0.05) is 0 Å². The molecule has 2 atom stereocenters. The van der Waals surface area contributed by atoms with Gasteiger partial charge in [0.15, 0.2) is 0 Å². The quantitative estimate of drug-likeness (QED) is 0.892. The van der Waals surface area contributed by atoms with Crippen LogP contribution >= 0.6 is 0 Å². The molecule has 1 amide bonds. The molecule has 0 aliphatic heterocycles. The molecule has 2 aromatic rings. The van der Waals surface area contributed by atoms with Crippen LogP contribution in [0.3, 0.4) is 0 Å². The van der Waals surface area contributed by atoms with Gasteiger partial charge in [0.2, 0.25) is 0 Å². The summed E-state index contributed by atoms with van der Waals surface area (Å²) in [5.74, 6) is -2.18. The van der Waals surface area contributed by atoms with Crippen LogP contribution in [-0.2, 0) is 4.79 Å². The molecule has 25 heavy (non-hydrogen) atoms. The Bertz CT molecular complexity index is 831. The summed E-state index contributed by atoms with van der Waals surface area (Å²) in [7, 11) is 0. The lowest BCUT2D eigenvalue weighted by Gasteiger charge is -2.13. The summed E-state index contributed by atoms with van der Waals surface area (Å²) in [5, 5.41) is 16.0. The Labute approximate surface area is 144 Å². The van der Waals surface area contributed by atoms with Crippen molar-refractivity contribution in [3.05, 3.63) is 47.0 Å². The zero-order valence-electron chi connectivity index (χ0n) is 14.1. The van der Waals surface area contributed by atoms with Crippen LogP contribution in [0, 0.1) is 25.6 Å². The maximum atomic E-state index is 14.4. The average Bonchev–Trinajstić information content (AvgIpc) is 3.13. The first-order valence-corrected chi connectivity index (χ1v) is 8.22. The number of nitrogens with one attached hydrogen (secondary N) is 1. The van der Waals surface area contributed by atoms with E-state index in [1.165, 1.54) is 16.8 Å². The van der Waals surface area contributed by atoms with Gasteiger partial charge >= 0.3 is 5.97 Å². The second-order valence-corrected chi connectivity index (χ2v) is 6.52. The fraction of sp³-hybridized carbons (Fsp3) is 0.389. The SMILES string of the molecule is Cc1cc(C)n(-c2ccc(C(=O)N[C@@H]3CC[C@H](C(=O)O)C3)cc2F)n1. The van der Waals surface area contributed by atoms with Gasteiger partial charge in [-0.25, -0.2) is 9.07 Å². The molecule has 2 N–H and O–H groups in total. The van der Waals surface area contributed by atoms with E-state index < -0.39 is 23.6 Å². The third-order valence-corrected chi connectivity index (χ3v) is 4.56. The minimum Gasteiger partial charge on any atom is -0.481 e. The fourth-order valence-electron chi connectivity index (χ4n) is 3.30. The molecule has 1 aliphatic carbocycles. The first kappa shape index (κ1) is 17.1. The Hall–Kier alpha value is -2.70. The zero-order chi connectivity index (χ0) is 18.1. The molecule has 6 nitrogen and oxygen atoms in total. The Kier molecular flexibility index (Phi) is 4.57. The molecule has 0 radical (unpaired) electrons. The highest BCUT2D eigenvalue weighted by Gasteiger charge is 2.30. The number of nitrogens with zero attached hydrogens (tertiary/aromatic N) is 2. The van der Waals surface area contributed by atoms with E-state index in [1.807, 2.05) is 19.9 Å². The van der Waals surface area contributed by atoms with Crippen molar-refractivity contribution >= 4 is 11.9 Å². The van der Waals surface area contributed by atoms with Gasteiger partial charge in [-0.2, -0.15) is 5.10 Å². The third-order valence-electron chi connectivity index (χ3n) is 4.56. The van der Waals surface area contributed by atoms with Crippen LogP contribution in [0.25, 0.3) is 5.69 Å². The summed E-state index contributed by atoms with van der Waals surface area (Å²) in [4.78, 5) is 23.3. The molecular weight excluding hydrogens is 325 g/mol. The van der Waals surface area contributed by atoms with Crippen molar-refractivity contribution in [2.24, 2.45) is 5.92 Å². The largest absolute Gasteiger partial charge is 0.481 e. The van der Waals surface area contributed by atoms with E-state index in [4.69, 9.17) is 5.11 Å². The topological polar surface area (TPSA) is 84.2 Å². The van der Waals surface area contributed by atoms with Crippen LogP contribution in [-0.4, -0.2) is 32.8 Å². The van der Waals surface area contributed by atoms with E-state index in [9.17, 15) is 14.0 Å². The van der Waals surface area contributed by atoms with Crippen LogP contribution < -0.4 is 5.32 Å². The number of hydrogen-bond acceptors (Lipinski definition) is 3. The predicted molar refractivity (Wildman–Crippen MR) is 89.2 cm³/mol. The highest BCUT2D eigenvalue weighted by Crippen LogP contribution is 2.26. The van der Waals surface area contributed by atoms with E-state index in [2.05, 4.69) is 10.4 Å². The third kappa shape index (κ3) is 3.55. The van der Waals surface area contributed by atoms with Crippen LogP contribution in [0.15, 0.2) is 24.3 Å². The van der Waals surface area contributed by atoms with Crippen molar-refractivity contribution < 1.29 is 19.1 Å². The number of carboxylic acid groups (broad SMARTS) is 1. The fourth-order valence-corrected chi connectivity index (χ4v) is 3.30. The number of rotatable bonds is 4. The van der Waals surface area contributed by atoms with Crippen LogP contribution in [0.4, 0.5) is 4.39 Å². The highest BCUT2D eigenvalue weighted by molar-refractivity contribution is 5.94. The molecule has 1 heterocycles. The first-order valence-electron chi connectivity index (χ1n) is 8.22. The van der Waals surface area contributed by atoms with Crippen molar-refractivity contribution in [2.75, 3.05) is 0 Å². The molecule has 7 heteroatoms. The summed E-state index contributed by atoms with van der Waals surface area (Å²) in [6, 6.07) is 5.92. The van der Waals surface area contributed by atoms with Gasteiger partial charge in [-0.15, -0.1) is 0 Å². The number of carbonyl (C=O) groups excluding carboxylic acids is 1. The number of amides is 1. The van der Waals surface area contributed by atoms with Crippen molar-refractivity contribution in [3.63, 3.8) is 0 Å². The molecular formula is C18H20FN3O3. The monoisotopic (exact) mass is 345 g/mol. The molecule has 0 bridgehead atoms. The Morgan fingerprint density at radius 1 is 1.28 bits per heavy atom. The van der Waals surface area contributed by atoms with Crippen molar-refractivity contribution in [2.45, 2.75) is 39.2 Å². The molecule has 132 valence electrons. The number of benzene rings is 1. The lowest BCUT2D eigenvalue weighted by Crippen LogP contribution is -2.33. The number of aliphatic carboxylic acids is 1. The van der Waals surface area contributed by atoms with Crippen LogP contribution in [0.2, 0.25) is 0 Å². The average molecular weight is 345 g/mol. The summed E-state index contributed by atoms with van der Waals surface area (Å²) < 4.78 is 15.9. The number of carbonyl (C=O) groups is 2. The van der Waals surface area contributed by atoms with Gasteiger partial charge in [0.1, 0.15) is 11.5 Å². The predicted octanol–water partition coefficient (Wildman–Crippen LogP) is 2.61. The summed E-state index contributed by atoms with van der Waals surface area (Å²) >= 11 is 0. The summed E-state index contributed by atoms with van der Waals surface area (Å²) in [5.41, 5.74) is 2.09.